The van der Waals surface area contributed by atoms with Gasteiger partial charge in [-0.1, -0.05) is 20.8 Å². The fourth-order valence-corrected chi connectivity index (χ4v) is 2.56. The Morgan fingerprint density at radius 2 is 2.19 bits per heavy atom. The van der Waals surface area contributed by atoms with Crippen LogP contribution in [0.25, 0.3) is 0 Å². The quantitative estimate of drug-likeness (QED) is 0.722. The highest BCUT2D eigenvalue weighted by molar-refractivity contribution is 7.98. The minimum absolute atomic E-state index is 0.0203. The van der Waals surface area contributed by atoms with E-state index in [1.807, 2.05) is 12.1 Å². The molecule has 0 fully saturated rings. The number of thioether (sulfide) groups is 1. The van der Waals surface area contributed by atoms with Crippen LogP contribution in [0.5, 0.6) is 0 Å². The van der Waals surface area contributed by atoms with E-state index >= 15 is 0 Å². The fraction of sp³-hybridized carbons (Fsp3) is 0.625. The second-order valence-electron chi connectivity index (χ2n) is 6.29. The molecule has 1 aromatic heterocycles. The summed E-state index contributed by atoms with van der Waals surface area (Å²) in [5, 5.41) is 11.6. The largest absolute Gasteiger partial charge is 0.396 e. The molecule has 1 heterocycles. The first-order valence-electron chi connectivity index (χ1n) is 7.34. The molecule has 0 aliphatic heterocycles. The van der Waals surface area contributed by atoms with E-state index in [1.165, 1.54) is 0 Å². The van der Waals surface area contributed by atoms with Gasteiger partial charge in [0, 0.05) is 24.1 Å². The van der Waals surface area contributed by atoms with Crippen LogP contribution < -0.4 is 5.32 Å². The maximum absolute atomic E-state index is 11.9. The molecule has 0 aliphatic rings. The lowest BCUT2D eigenvalue weighted by Gasteiger charge is -2.17. The highest BCUT2D eigenvalue weighted by Gasteiger charge is 2.11. The lowest BCUT2D eigenvalue weighted by Crippen LogP contribution is -2.14. The second-order valence-corrected chi connectivity index (χ2v) is 7.39. The molecule has 0 aliphatic carbocycles. The van der Waals surface area contributed by atoms with Crippen LogP contribution in [-0.2, 0) is 10.5 Å². The Balaban J connectivity index is 2.39. The molecule has 21 heavy (non-hydrogen) atoms. The molecular formula is C16H26N2O2S. The zero-order valence-electron chi connectivity index (χ0n) is 13.2. The Morgan fingerprint density at radius 3 is 2.86 bits per heavy atom. The third-order valence-electron chi connectivity index (χ3n) is 2.93. The molecule has 0 bridgehead atoms. The number of aromatic nitrogens is 1. The van der Waals surface area contributed by atoms with E-state index in [9.17, 15) is 4.79 Å². The van der Waals surface area contributed by atoms with Crippen LogP contribution >= 0.6 is 11.8 Å². The topological polar surface area (TPSA) is 62.2 Å². The van der Waals surface area contributed by atoms with Gasteiger partial charge in [0.1, 0.15) is 5.82 Å². The third kappa shape index (κ3) is 8.73. The number of rotatable bonds is 8. The summed E-state index contributed by atoms with van der Waals surface area (Å²) < 4.78 is 0. The van der Waals surface area contributed by atoms with Gasteiger partial charge in [0.25, 0.3) is 0 Å². The van der Waals surface area contributed by atoms with Crippen molar-refractivity contribution in [2.24, 2.45) is 5.41 Å². The molecule has 0 saturated carbocycles. The highest BCUT2D eigenvalue weighted by atomic mass is 32.2. The van der Waals surface area contributed by atoms with Crippen molar-refractivity contribution in [2.75, 3.05) is 17.7 Å². The van der Waals surface area contributed by atoms with Gasteiger partial charge in [0.05, 0.1) is 6.61 Å². The van der Waals surface area contributed by atoms with Crippen molar-refractivity contribution in [2.45, 2.75) is 45.8 Å². The van der Waals surface area contributed by atoms with Crippen molar-refractivity contribution < 1.29 is 9.90 Å². The Labute approximate surface area is 131 Å². The van der Waals surface area contributed by atoms with Crippen LogP contribution in [-0.4, -0.2) is 28.4 Å². The van der Waals surface area contributed by atoms with Gasteiger partial charge in [-0.3, -0.25) is 4.79 Å². The van der Waals surface area contributed by atoms with Gasteiger partial charge in [-0.05, 0) is 36.0 Å². The molecule has 0 unspecified atom stereocenters. The zero-order valence-corrected chi connectivity index (χ0v) is 14.0. The standard InChI is InChI=1S/C16H26N2O2S/c1-16(2,3)7-4-5-15(20)18-14-11-13(6-8-17-14)12-21-10-9-19/h6,8,11,19H,4-5,7,9-10,12H2,1-3H3,(H,17,18,20). The molecule has 0 aromatic carbocycles. The predicted molar refractivity (Wildman–Crippen MR) is 89.4 cm³/mol. The van der Waals surface area contributed by atoms with E-state index < -0.39 is 0 Å². The normalized spacial score (nSPS) is 11.4. The van der Waals surface area contributed by atoms with E-state index in [0.717, 1.165) is 29.9 Å². The summed E-state index contributed by atoms with van der Waals surface area (Å²) in [6.07, 6.45) is 4.16. The number of aliphatic hydroxyl groups excluding tert-OH is 1. The fourth-order valence-electron chi connectivity index (χ4n) is 1.87. The number of nitrogens with one attached hydrogen (secondary N) is 1. The minimum Gasteiger partial charge on any atom is -0.396 e. The van der Waals surface area contributed by atoms with Crippen molar-refractivity contribution in [1.82, 2.24) is 4.98 Å². The van der Waals surface area contributed by atoms with Gasteiger partial charge in [-0.15, -0.1) is 0 Å². The summed E-state index contributed by atoms with van der Waals surface area (Å²) in [5.74, 6) is 2.16. The number of anilines is 1. The summed E-state index contributed by atoms with van der Waals surface area (Å²) >= 11 is 1.66. The molecule has 2 N–H and O–H groups in total. The first-order chi connectivity index (χ1) is 9.90. The van der Waals surface area contributed by atoms with Gasteiger partial charge >= 0.3 is 0 Å². The molecule has 0 spiro atoms. The van der Waals surface area contributed by atoms with Crippen molar-refractivity contribution in [1.29, 1.82) is 0 Å². The zero-order chi connectivity index (χ0) is 15.7. The van der Waals surface area contributed by atoms with E-state index in [4.69, 9.17) is 5.11 Å². The number of aliphatic hydroxyl groups is 1. The predicted octanol–water partition coefficient (Wildman–Crippen LogP) is 3.46. The Kier molecular flexibility index (Phi) is 7.75. The summed E-state index contributed by atoms with van der Waals surface area (Å²) in [7, 11) is 0. The van der Waals surface area contributed by atoms with Crippen molar-refractivity contribution in [3.63, 3.8) is 0 Å². The summed E-state index contributed by atoms with van der Waals surface area (Å²) in [5.41, 5.74) is 1.37. The molecule has 1 aromatic rings. The smallest absolute Gasteiger partial charge is 0.225 e. The maximum atomic E-state index is 11.9. The first kappa shape index (κ1) is 18.0. The summed E-state index contributed by atoms with van der Waals surface area (Å²) in [6.45, 7) is 6.73. The molecule has 1 amide bonds. The molecule has 0 saturated heterocycles. The van der Waals surface area contributed by atoms with Crippen LogP contribution in [0, 0.1) is 5.41 Å². The van der Waals surface area contributed by atoms with Gasteiger partial charge in [-0.2, -0.15) is 11.8 Å². The average molecular weight is 310 g/mol. The molecule has 4 nitrogen and oxygen atoms in total. The molecule has 0 radical (unpaired) electrons. The molecule has 5 heteroatoms. The maximum Gasteiger partial charge on any atom is 0.225 e. The van der Waals surface area contributed by atoms with Crippen molar-refractivity contribution >= 4 is 23.5 Å². The van der Waals surface area contributed by atoms with Crippen LogP contribution in [0.2, 0.25) is 0 Å². The number of amides is 1. The Bertz CT molecular complexity index is 444. The van der Waals surface area contributed by atoms with Gasteiger partial charge in [-0.25, -0.2) is 4.98 Å². The van der Waals surface area contributed by atoms with Crippen LogP contribution in [0.1, 0.15) is 45.6 Å². The number of hydrogen-bond acceptors (Lipinski definition) is 4. The number of nitrogens with zero attached hydrogens (tertiary/aromatic N) is 1. The van der Waals surface area contributed by atoms with Crippen LogP contribution in [0.4, 0.5) is 5.82 Å². The molecular weight excluding hydrogens is 284 g/mol. The first-order valence-corrected chi connectivity index (χ1v) is 8.49. The highest BCUT2D eigenvalue weighted by Crippen LogP contribution is 2.21. The van der Waals surface area contributed by atoms with Crippen LogP contribution in [0.3, 0.4) is 0 Å². The molecule has 118 valence electrons. The number of pyridine rings is 1. The van der Waals surface area contributed by atoms with Gasteiger partial charge < -0.3 is 10.4 Å². The Hall–Kier alpha value is -1.07. The van der Waals surface area contributed by atoms with Crippen molar-refractivity contribution in [3.8, 4) is 0 Å². The number of carbonyl (C=O) groups is 1. The summed E-state index contributed by atoms with van der Waals surface area (Å²) in [6, 6.07) is 3.83. The van der Waals surface area contributed by atoms with Crippen molar-refractivity contribution in [3.05, 3.63) is 23.9 Å². The third-order valence-corrected chi connectivity index (χ3v) is 3.94. The van der Waals surface area contributed by atoms with Gasteiger partial charge in [0.2, 0.25) is 5.91 Å². The molecule has 0 atom stereocenters. The van der Waals surface area contributed by atoms with Crippen LogP contribution in [0.15, 0.2) is 18.3 Å². The van der Waals surface area contributed by atoms with E-state index in [1.54, 1.807) is 18.0 Å². The lowest BCUT2D eigenvalue weighted by molar-refractivity contribution is -0.116. The lowest BCUT2D eigenvalue weighted by atomic mass is 9.90. The molecule has 1 rings (SSSR count). The number of carbonyl (C=O) groups excluding carboxylic acids is 1. The average Bonchev–Trinajstić information content (AvgIpc) is 2.38. The Morgan fingerprint density at radius 1 is 1.43 bits per heavy atom. The van der Waals surface area contributed by atoms with E-state index in [2.05, 4.69) is 31.1 Å². The summed E-state index contributed by atoms with van der Waals surface area (Å²) in [4.78, 5) is 16.1. The SMILES string of the molecule is CC(C)(C)CCCC(=O)Nc1cc(CSCCO)ccn1. The second kappa shape index (κ2) is 9.05. The van der Waals surface area contributed by atoms with E-state index in [0.29, 0.717) is 12.2 Å². The minimum atomic E-state index is 0.0203. The monoisotopic (exact) mass is 310 g/mol. The number of hydrogen-bond donors (Lipinski definition) is 2. The van der Waals surface area contributed by atoms with Gasteiger partial charge in [0.15, 0.2) is 0 Å². The van der Waals surface area contributed by atoms with E-state index in [-0.39, 0.29) is 17.9 Å².